The van der Waals surface area contributed by atoms with E-state index in [0.717, 1.165) is 51.1 Å². The lowest BCUT2D eigenvalue weighted by atomic mass is 10.1. The highest BCUT2D eigenvalue weighted by atomic mass is 19.1. The molecule has 2 heterocycles. The molecule has 0 aromatic heterocycles. The van der Waals surface area contributed by atoms with E-state index >= 15 is 0 Å². The van der Waals surface area contributed by atoms with Gasteiger partial charge in [0.1, 0.15) is 5.82 Å². The Morgan fingerprint density at radius 1 is 1.03 bits per heavy atom. The lowest BCUT2D eigenvalue weighted by molar-refractivity contribution is 0.0858. The number of benzene rings is 2. The van der Waals surface area contributed by atoms with Gasteiger partial charge in [-0.3, -0.25) is 4.79 Å². The predicted molar refractivity (Wildman–Crippen MR) is 123 cm³/mol. The molecule has 1 unspecified atom stereocenters. The molecule has 2 aromatic carbocycles. The minimum Gasteiger partial charge on any atom is -0.376 e. The van der Waals surface area contributed by atoms with Gasteiger partial charge in [0, 0.05) is 37.6 Å². The molecule has 170 valence electrons. The molecule has 2 fully saturated rings. The molecule has 32 heavy (non-hydrogen) atoms. The smallest absolute Gasteiger partial charge is 0.323 e. The Hall–Kier alpha value is -3.13. The summed E-state index contributed by atoms with van der Waals surface area (Å²) in [6, 6.07) is 10.7. The molecule has 2 saturated heterocycles. The second-order valence-corrected chi connectivity index (χ2v) is 8.18. The van der Waals surface area contributed by atoms with Crippen molar-refractivity contribution in [3.63, 3.8) is 0 Å². The summed E-state index contributed by atoms with van der Waals surface area (Å²) in [6.45, 7) is 2.99. The van der Waals surface area contributed by atoms with Crippen molar-refractivity contribution in [2.24, 2.45) is 0 Å². The van der Waals surface area contributed by atoms with Gasteiger partial charge >= 0.3 is 6.03 Å². The third kappa shape index (κ3) is 5.56. The largest absolute Gasteiger partial charge is 0.376 e. The summed E-state index contributed by atoms with van der Waals surface area (Å²) in [4.78, 5) is 27.7. The van der Waals surface area contributed by atoms with E-state index < -0.39 is 11.8 Å². The zero-order valence-electron chi connectivity index (χ0n) is 18.0. The highest BCUT2D eigenvalue weighted by Crippen LogP contribution is 2.27. The van der Waals surface area contributed by atoms with Crippen molar-refractivity contribution in [2.45, 2.75) is 38.2 Å². The van der Waals surface area contributed by atoms with Gasteiger partial charge in [0.05, 0.1) is 17.4 Å². The van der Waals surface area contributed by atoms with E-state index in [-0.39, 0.29) is 17.7 Å². The minimum absolute atomic E-state index is 0.0465. The van der Waals surface area contributed by atoms with Gasteiger partial charge < -0.3 is 25.6 Å². The van der Waals surface area contributed by atoms with Crippen molar-refractivity contribution in [1.29, 1.82) is 0 Å². The van der Waals surface area contributed by atoms with Crippen LogP contribution < -0.4 is 20.9 Å². The number of rotatable bonds is 6. The third-order valence-corrected chi connectivity index (χ3v) is 5.83. The van der Waals surface area contributed by atoms with E-state index in [1.165, 1.54) is 18.6 Å². The van der Waals surface area contributed by atoms with Crippen LogP contribution >= 0.6 is 0 Å². The van der Waals surface area contributed by atoms with Crippen LogP contribution in [0.25, 0.3) is 0 Å². The Labute approximate surface area is 187 Å². The summed E-state index contributed by atoms with van der Waals surface area (Å²) in [7, 11) is 0. The Kier molecular flexibility index (Phi) is 7.21. The van der Waals surface area contributed by atoms with Crippen molar-refractivity contribution in [3.8, 4) is 0 Å². The lowest BCUT2D eigenvalue weighted by Gasteiger charge is -2.30. The van der Waals surface area contributed by atoms with Gasteiger partial charge in [-0.15, -0.1) is 0 Å². The van der Waals surface area contributed by atoms with Crippen LogP contribution in [0.2, 0.25) is 0 Å². The number of para-hydroxylation sites is 1. The topological polar surface area (TPSA) is 82.7 Å². The van der Waals surface area contributed by atoms with Gasteiger partial charge in [0.25, 0.3) is 5.91 Å². The van der Waals surface area contributed by atoms with Crippen LogP contribution in [0, 0.1) is 5.82 Å². The molecule has 2 aliphatic rings. The second kappa shape index (κ2) is 10.5. The average molecular weight is 441 g/mol. The Morgan fingerprint density at radius 2 is 1.84 bits per heavy atom. The van der Waals surface area contributed by atoms with E-state index in [1.54, 1.807) is 24.3 Å². The fourth-order valence-corrected chi connectivity index (χ4v) is 4.16. The number of urea groups is 1. The number of nitrogens with zero attached hydrogens (tertiary/aromatic N) is 1. The normalized spacial score (nSPS) is 18.3. The summed E-state index contributed by atoms with van der Waals surface area (Å²) in [5.41, 5.74) is 1.91. The summed E-state index contributed by atoms with van der Waals surface area (Å²) in [5, 5.41) is 8.18. The average Bonchev–Trinajstić information content (AvgIpc) is 3.33. The molecule has 4 rings (SSSR count). The number of nitrogens with one attached hydrogen (secondary N) is 3. The fourth-order valence-electron chi connectivity index (χ4n) is 4.16. The molecule has 0 radical (unpaired) electrons. The first-order chi connectivity index (χ1) is 15.6. The van der Waals surface area contributed by atoms with Crippen LogP contribution in [0.15, 0.2) is 42.5 Å². The van der Waals surface area contributed by atoms with E-state index in [2.05, 4.69) is 20.9 Å². The molecular formula is C24H29FN4O3. The van der Waals surface area contributed by atoms with Crippen LogP contribution in [0.1, 0.15) is 42.5 Å². The van der Waals surface area contributed by atoms with Gasteiger partial charge in [-0.05, 0) is 62.4 Å². The number of hydrogen-bond acceptors (Lipinski definition) is 4. The van der Waals surface area contributed by atoms with Crippen molar-refractivity contribution >= 4 is 29.0 Å². The summed E-state index contributed by atoms with van der Waals surface area (Å²) in [6.07, 6.45) is 5.36. The SMILES string of the molecule is O=C(Nc1ccc(N2CCCCC2)c(C(=O)NCC2CCCO2)c1)Nc1ccccc1F. The summed E-state index contributed by atoms with van der Waals surface area (Å²) >= 11 is 0. The molecule has 7 nitrogen and oxygen atoms in total. The zero-order chi connectivity index (χ0) is 22.3. The van der Waals surface area contributed by atoms with Crippen molar-refractivity contribution in [3.05, 3.63) is 53.8 Å². The van der Waals surface area contributed by atoms with Gasteiger partial charge in [0.15, 0.2) is 0 Å². The monoisotopic (exact) mass is 440 g/mol. The summed E-state index contributed by atoms with van der Waals surface area (Å²) < 4.78 is 19.4. The van der Waals surface area contributed by atoms with Crippen LogP contribution in [0.4, 0.5) is 26.2 Å². The third-order valence-electron chi connectivity index (χ3n) is 5.83. The van der Waals surface area contributed by atoms with Crippen molar-refractivity contribution < 1.29 is 18.7 Å². The molecule has 0 bridgehead atoms. The zero-order valence-corrected chi connectivity index (χ0v) is 18.0. The molecule has 8 heteroatoms. The van der Waals surface area contributed by atoms with E-state index in [9.17, 15) is 14.0 Å². The molecule has 0 aliphatic carbocycles. The first-order valence-corrected chi connectivity index (χ1v) is 11.2. The fraction of sp³-hybridized carbons (Fsp3) is 0.417. The number of hydrogen-bond donors (Lipinski definition) is 3. The highest BCUT2D eigenvalue weighted by molar-refractivity contribution is 6.04. The predicted octanol–water partition coefficient (Wildman–Crippen LogP) is 4.37. The number of carbonyl (C=O) groups excluding carboxylic acids is 2. The molecule has 3 amide bonds. The number of carbonyl (C=O) groups is 2. The number of piperidine rings is 1. The number of ether oxygens (including phenoxy) is 1. The standard InChI is InChI=1S/C24H29FN4O3/c25-20-8-2-3-9-21(20)28-24(31)27-17-10-11-22(29-12-4-1-5-13-29)19(15-17)23(30)26-16-18-7-6-14-32-18/h2-3,8-11,15,18H,1,4-7,12-14,16H2,(H,26,30)(H2,27,28,31). The first-order valence-electron chi connectivity index (χ1n) is 11.2. The molecule has 0 saturated carbocycles. The molecule has 0 spiro atoms. The van der Waals surface area contributed by atoms with Crippen LogP contribution in [-0.2, 0) is 4.74 Å². The lowest BCUT2D eigenvalue weighted by Crippen LogP contribution is -2.35. The maximum Gasteiger partial charge on any atom is 0.323 e. The van der Waals surface area contributed by atoms with Crippen LogP contribution in [-0.4, -0.2) is 44.3 Å². The van der Waals surface area contributed by atoms with Crippen molar-refractivity contribution in [1.82, 2.24) is 5.32 Å². The molecule has 1 atom stereocenters. The first kappa shape index (κ1) is 22.1. The van der Waals surface area contributed by atoms with Crippen LogP contribution in [0.3, 0.4) is 0 Å². The molecule has 2 aromatic rings. The molecule has 2 aliphatic heterocycles. The Bertz CT molecular complexity index is 956. The second-order valence-electron chi connectivity index (χ2n) is 8.18. The number of halogens is 1. The van der Waals surface area contributed by atoms with Gasteiger partial charge in [-0.1, -0.05) is 12.1 Å². The minimum atomic E-state index is -0.577. The van der Waals surface area contributed by atoms with Gasteiger partial charge in [-0.2, -0.15) is 0 Å². The Morgan fingerprint density at radius 3 is 2.59 bits per heavy atom. The maximum atomic E-state index is 13.8. The van der Waals surface area contributed by atoms with E-state index in [1.807, 2.05) is 6.07 Å². The van der Waals surface area contributed by atoms with Gasteiger partial charge in [-0.25, -0.2) is 9.18 Å². The quantitative estimate of drug-likeness (QED) is 0.623. The number of amides is 3. The van der Waals surface area contributed by atoms with Gasteiger partial charge in [0.2, 0.25) is 0 Å². The van der Waals surface area contributed by atoms with Crippen molar-refractivity contribution in [2.75, 3.05) is 41.8 Å². The van der Waals surface area contributed by atoms with Crippen LogP contribution in [0.5, 0.6) is 0 Å². The maximum absolute atomic E-state index is 13.8. The molecule has 3 N–H and O–H groups in total. The highest BCUT2D eigenvalue weighted by Gasteiger charge is 2.22. The van der Waals surface area contributed by atoms with E-state index in [4.69, 9.17) is 4.74 Å². The van der Waals surface area contributed by atoms with E-state index in [0.29, 0.717) is 17.8 Å². The molecular weight excluding hydrogens is 411 g/mol. The number of anilines is 3. The Balaban J connectivity index is 1.50. The summed E-state index contributed by atoms with van der Waals surface area (Å²) in [5.74, 6) is -0.712.